The molecule has 1 saturated heterocycles. The molecular formula is C15H16ClF3N6O2. The zero-order valence-corrected chi connectivity index (χ0v) is 14.7. The summed E-state index contributed by atoms with van der Waals surface area (Å²) in [7, 11) is 0. The monoisotopic (exact) mass is 404 g/mol. The highest BCUT2D eigenvalue weighted by molar-refractivity contribution is 5.85. The number of nitrogens with one attached hydrogen (secondary N) is 2. The van der Waals surface area contributed by atoms with Gasteiger partial charge in [-0.05, 0) is 18.2 Å². The molecule has 12 heteroatoms. The average Bonchev–Trinajstić information content (AvgIpc) is 3.20. The van der Waals surface area contributed by atoms with Crippen molar-refractivity contribution in [3.63, 3.8) is 0 Å². The van der Waals surface area contributed by atoms with Gasteiger partial charge in [0.1, 0.15) is 5.52 Å². The fourth-order valence-electron chi connectivity index (χ4n) is 2.68. The number of oxazole rings is 1. The summed E-state index contributed by atoms with van der Waals surface area (Å²) in [5.74, 6) is 0.435. The molecule has 0 unspecified atom stereocenters. The normalized spacial score (nSPS) is 15.7. The molecule has 3 heterocycles. The highest BCUT2D eigenvalue weighted by atomic mass is 35.5. The quantitative estimate of drug-likeness (QED) is 0.685. The summed E-state index contributed by atoms with van der Waals surface area (Å²) in [6.45, 7) is 4.11. The Morgan fingerprint density at radius 3 is 2.63 bits per heavy atom. The number of nitrogens with zero attached hydrogens (tertiary/aromatic N) is 4. The molecule has 0 spiro atoms. The van der Waals surface area contributed by atoms with Crippen LogP contribution in [0.3, 0.4) is 0 Å². The fourth-order valence-corrected chi connectivity index (χ4v) is 2.68. The molecule has 1 aliphatic rings. The van der Waals surface area contributed by atoms with Gasteiger partial charge in [-0.3, -0.25) is 10.2 Å². The second-order valence-electron chi connectivity index (χ2n) is 5.85. The molecule has 27 heavy (non-hydrogen) atoms. The third-order valence-corrected chi connectivity index (χ3v) is 3.96. The highest BCUT2D eigenvalue weighted by Gasteiger charge is 2.31. The van der Waals surface area contributed by atoms with E-state index in [-0.39, 0.29) is 35.5 Å². The first-order valence-corrected chi connectivity index (χ1v) is 7.98. The van der Waals surface area contributed by atoms with Crippen LogP contribution in [0.5, 0.6) is 0 Å². The van der Waals surface area contributed by atoms with E-state index in [0.29, 0.717) is 12.4 Å². The summed E-state index contributed by atoms with van der Waals surface area (Å²) in [5.41, 5.74) is -0.482. The third kappa shape index (κ3) is 4.49. The molecule has 0 radical (unpaired) electrons. The molecule has 146 valence electrons. The smallest absolute Gasteiger partial charge is 0.416 e. The highest BCUT2D eigenvalue weighted by Crippen LogP contribution is 2.32. The van der Waals surface area contributed by atoms with E-state index in [0.717, 1.165) is 38.3 Å². The molecule has 0 saturated carbocycles. The Hall–Kier alpha value is -2.37. The van der Waals surface area contributed by atoms with Gasteiger partial charge in [-0.1, -0.05) is 5.10 Å². The van der Waals surface area contributed by atoms with Gasteiger partial charge >= 0.3 is 18.2 Å². The summed E-state index contributed by atoms with van der Waals surface area (Å²) >= 11 is 0. The molecule has 1 aliphatic heterocycles. The Kier molecular flexibility index (Phi) is 5.53. The van der Waals surface area contributed by atoms with E-state index in [1.54, 1.807) is 0 Å². The van der Waals surface area contributed by atoms with Crippen molar-refractivity contribution in [3.8, 4) is 0 Å². The molecule has 0 atom stereocenters. The Balaban J connectivity index is 0.00000210. The van der Waals surface area contributed by atoms with Gasteiger partial charge in [0.15, 0.2) is 5.58 Å². The lowest BCUT2D eigenvalue weighted by Crippen LogP contribution is -2.42. The minimum atomic E-state index is -4.44. The number of rotatable bonds is 4. The van der Waals surface area contributed by atoms with E-state index in [2.05, 4.69) is 30.7 Å². The van der Waals surface area contributed by atoms with Gasteiger partial charge in [-0.2, -0.15) is 18.2 Å². The lowest BCUT2D eigenvalue weighted by molar-refractivity contribution is -0.137. The van der Waals surface area contributed by atoms with Gasteiger partial charge < -0.3 is 14.2 Å². The van der Waals surface area contributed by atoms with E-state index in [1.165, 1.54) is 6.07 Å². The minimum absolute atomic E-state index is 0. The SMILES string of the molecule is Cl.FC(F)(F)c1ccc2oc(Nc3nnc(CN4CCNCC4)o3)nc2c1. The molecule has 0 amide bonds. The first-order valence-electron chi connectivity index (χ1n) is 7.98. The zero-order chi connectivity index (χ0) is 18.1. The van der Waals surface area contributed by atoms with Crippen LogP contribution in [0.4, 0.5) is 25.2 Å². The maximum Gasteiger partial charge on any atom is 0.416 e. The van der Waals surface area contributed by atoms with E-state index in [9.17, 15) is 13.2 Å². The fraction of sp³-hybridized carbons (Fsp3) is 0.400. The molecule has 0 bridgehead atoms. The number of halogens is 4. The van der Waals surface area contributed by atoms with Gasteiger partial charge in [0, 0.05) is 26.2 Å². The van der Waals surface area contributed by atoms with E-state index >= 15 is 0 Å². The summed E-state index contributed by atoms with van der Waals surface area (Å²) < 4.78 is 49.1. The molecule has 0 aliphatic carbocycles. The second-order valence-corrected chi connectivity index (χ2v) is 5.85. The lowest BCUT2D eigenvalue weighted by atomic mass is 10.2. The Morgan fingerprint density at radius 2 is 1.89 bits per heavy atom. The van der Waals surface area contributed by atoms with Gasteiger partial charge in [-0.15, -0.1) is 17.5 Å². The standard InChI is InChI=1S/C15H15F3N6O2.ClH/c16-15(17,18)9-1-2-11-10(7-9)20-13(25-11)21-14-23-22-12(26-14)8-24-5-3-19-4-6-24;/h1-2,7,19H,3-6,8H2,(H,20,21,23);1H. The minimum Gasteiger partial charge on any atom is -0.423 e. The number of fused-ring (bicyclic) bond motifs is 1. The maximum atomic E-state index is 12.7. The molecule has 1 fully saturated rings. The Bertz CT molecular complexity index is 906. The van der Waals surface area contributed by atoms with Crippen LogP contribution in [0.15, 0.2) is 27.0 Å². The van der Waals surface area contributed by atoms with Crippen molar-refractivity contribution >= 4 is 35.5 Å². The van der Waals surface area contributed by atoms with Crippen LogP contribution in [-0.2, 0) is 12.7 Å². The van der Waals surface area contributed by atoms with E-state index in [4.69, 9.17) is 8.83 Å². The molecular weight excluding hydrogens is 389 g/mol. The average molecular weight is 405 g/mol. The third-order valence-electron chi connectivity index (χ3n) is 3.96. The summed E-state index contributed by atoms with van der Waals surface area (Å²) in [4.78, 5) is 6.16. The van der Waals surface area contributed by atoms with Crippen LogP contribution >= 0.6 is 12.4 Å². The number of piperazine rings is 1. The van der Waals surface area contributed by atoms with Crippen molar-refractivity contribution in [2.75, 3.05) is 31.5 Å². The summed E-state index contributed by atoms with van der Waals surface area (Å²) in [6.07, 6.45) is -4.44. The number of hydrogen-bond acceptors (Lipinski definition) is 8. The molecule has 2 N–H and O–H groups in total. The summed E-state index contributed by atoms with van der Waals surface area (Å²) in [6, 6.07) is 3.14. The Morgan fingerprint density at radius 1 is 1.11 bits per heavy atom. The van der Waals surface area contributed by atoms with Crippen LogP contribution < -0.4 is 10.6 Å². The topological polar surface area (TPSA) is 92.2 Å². The zero-order valence-electron chi connectivity index (χ0n) is 13.9. The van der Waals surface area contributed by atoms with Crippen molar-refractivity contribution in [3.05, 3.63) is 29.7 Å². The molecule has 2 aromatic heterocycles. The van der Waals surface area contributed by atoms with Crippen LogP contribution in [0.25, 0.3) is 11.1 Å². The van der Waals surface area contributed by atoms with Crippen molar-refractivity contribution in [1.29, 1.82) is 0 Å². The largest absolute Gasteiger partial charge is 0.423 e. The van der Waals surface area contributed by atoms with E-state index in [1.807, 2.05) is 0 Å². The van der Waals surface area contributed by atoms with E-state index < -0.39 is 11.7 Å². The predicted molar refractivity (Wildman–Crippen MR) is 92.0 cm³/mol. The van der Waals surface area contributed by atoms with Crippen molar-refractivity contribution in [2.24, 2.45) is 0 Å². The van der Waals surface area contributed by atoms with Crippen molar-refractivity contribution in [2.45, 2.75) is 12.7 Å². The number of alkyl halides is 3. The van der Waals surface area contributed by atoms with Gasteiger partial charge in [0.2, 0.25) is 5.89 Å². The predicted octanol–water partition coefficient (Wildman–Crippen LogP) is 2.80. The van der Waals surface area contributed by atoms with Gasteiger partial charge in [0.05, 0.1) is 12.1 Å². The van der Waals surface area contributed by atoms with Crippen LogP contribution in [-0.4, -0.2) is 46.3 Å². The van der Waals surface area contributed by atoms with Gasteiger partial charge in [0.25, 0.3) is 0 Å². The number of anilines is 2. The first-order chi connectivity index (χ1) is 12.5. The summed E-state index contributed by atoms with van der Waals surface area (Å²) in [5, 5.41) is 13.7. The lowest BCUT2D eigenvalue weighted by Gasteiger charge is -2.25. The van der Waals surface area contributed by atoms with Crippen LogP contribution in [0.1, 0.15) is 11.5 Å². The second kappa shape index (κ2) is 7.71. The number of benzene rings is 1. The van der Waals surface area contributed by atoms with Crippen molar-refractivity contribution in [1.82, 2.24) is 25.4 Å². The Labute approximate surface area is 157 Å². The first kappa shape index (κ1) is 19.4. The molecule has 3 aromatic rings. The van der Waals surface area contributed by atoms with Crippen molar-refractivity contribution < 1.29 is 22.0 Å². The maximum absolute atomic E-state index is 12.7. The van der Waals surface area contributed by atoms with Crippen LogP contribution in [0.2, 0.25) is 0 Å². The van der Waals surface area contributed by atoms with Crippen LogP contribution in [0, 0.1) is 0 Å². The number of hydrogen-bond donors (Lipinski definition) is 2. The molecule has 8 nitrogen and oxygen atoms in total. The molecule has 4 rings (SSSR count). The number of aromatic nitrogens is 3. The molecule has 1 aromatic carbocycles. The van der Waals surface area contributed by atoms with Gasteiger partial charge in [-0.25, -0.2) is 0 Å².